The van der Waals surface area contributed by atoms with E-state index in [-0.39, 0.29) is 0 Å². The van der Waals surface area contributed by atoms with E-state index in [0.29, 0.717) is 0 Å². The fourth-order valence-corrected chi connectivity index (χ4v) is 2.88. The maximum absolute atomic E-state index is 11.2. The van der Waals surface area contributed by atoms with Crippen molar-refractivity contribution in [2.75, 3.05) is 0 Å². The molecule has 0 aromatic heterocycles. The first-order valence-electron chi connectivity index (χ1n) is 5.59. The summed E-state index contributed by atoms with van der Waals surface area (Å²) in [6.45, 7) is 0. The monoisotopic (exact) mass is 310 g/mol. The number of aliphatic hydroxyl groups excluding tert-OH is 1. The summed E-state index contributed by atoms with van der Waals surface area (Å²) in [4.78, 5) is 10.7. The molecular weight excluding hydrogens is 300 g/mol. The van der Waals surface area contributed by atoms with E-state index in [1.807, 2.05) is 30.3 Å². The normalized spacial score (nSPS) is 38.3. The van der Waals surface area contributed by atoms with E-state index in [1.165, 1.54) is 6.08 Å². The second-order valence-electron chi connectivity index (χ2n) is 4.32. The van der Waals surface area contributed by atoms with Gasteiger partial charge in [0.25, 0.3) is 0 Å². The quantitative estimate of drug-likeness (QED) is 0.633. The number of esters is 1. The summed E-state index contributed by atoms with van der Waals surface area (Å²) >= 11 is 3.35. The molecule has 0 radical (unpaired) electrons. The predicted molar refractivity (Wildman–Crippen MR) is 67.0 cm³/mol. The Hall–Kier alpha value is -1.17. The molecule has 1 aromatic carbocycles. The third-order valence-corrected chi connectivity index (χ3v) is 4.33. The molecule has 2 aliphatic rings. The van der Waals surface area contributed by atoms with Gasteiger partial charge < -0.3 is 14.6 Å². The van der Waals surface area contributed by atoms with Crippen LogP contribution in [0.2, 0.25) is 0 Å². The molecule has 18 heavy (non-hydrogen) atoms. The van der Waals surface area contributed by atoms with Gasteiger partial charge in [0.15, 0.2) is 0 Å². The Morgan fingerprint density at radius 2 is 2.00 bits per heavy atom. The molecule has 4 atom stereocenters. The molecule has 1 fully saturated rings. The number of benzene rings is 1. The highest BCUT2D eigenvalue weighted by Crippen LogP contribution is 2.46. The number of rotatable bonds is 1. The molecule has 4 nitrogen and oxygen atoms in total. The van der Waals surface area contributed by atoms with Crippen molar-refractivity contribution in [3.05, 3.63) is 48.0 Å². The molecule has 0 aliphatic carbocycles. The molecule has 0 saturated carbocycles. The fourth-order valence-electron chi connectivity index (χ4n) is 2.25. The molecule has 2 heterocycles. The molecule has 3 rings (SSSR count). The number of carbonyl (C=O) groups is 1. The van der Waals surface area contributed by atoms with E-state index in [0.717, 1.165) is 5.56 Å². The van der Waals surface area contributed by atoms with Crippen LogP contribution in [0.3, 0.4) is 0 Å². The Kier molecular flexibility index (Phi) is 2.77. The van der Waals surface area contributed by atoms with Crippen LogP contribution in [0, 0.1) is 0 Å². The van der Waals surface area contributed by atoms with Crippen LogP contribution in [0.4, 0.5) is 0 Å². The van der Waals surface area contributed by atoms with Gasteiger partial charge in [-0.15, -0.1) is 0 Å². The van der Waals surface area contributed by atoms with Crippen LogP contribution in [0.15, 0.2) is 42.5 Å². The van der Waals surface area contributed by atoms with Crippen molar-refractivity contribution >= 4 is 21.9 Å². The van der Waals surface area contributed by atoms with Gasteiger partial charge in [-0.3, -0.25) is 0 Å². The molecule has 1 aromatic rings. The van der Waals surface area contributed by atoms with E-state index in [1.54, 1.807) is 6.08 Å². The van der Waals surface area contributed by atoms with E-state index < -0.39 is 28.8 Å². The SMILES string of the molecule is O=C1C=C[C@@]2(O1)O[C@@H](c1ccccc1)[C@@H](O)[C@@H]2Br. The highest BCUT2D eigenvalue weighted by atomic mass is 79.9. The Morgan fingerprint density at radius 3 is 2.61 bits per heavy atom. The van der Waals surface area contributed by atoms with E-state index in [9.17, 15) is 9.90 Å². The van der Waals surface area contributed by atoms with Crippen LogP contribution >= 0.6 is 15.9 Å². The molecule has 1 saturated heterocycles. The summed E-state index contributed by atoms with van der Waals surface area (Å²) in [7, 11) is 0. The molecule has 0 amide bonds. The van der Waals surface area contributed by atoms with Gasteiger partial charge in [-0.25, -0.2) is 4.79 Å². The zero-order chi connectivity index (χ0) is 12.8. The second-order valence-corrected chi connectivity index (χ2v) is 5.30. The number of hydrogen-bond acceptors (Lipinski definition) is 4. The number of ether oxygens (including phenoxy) is 2. The Morgan fingerprint density at radius 1 is 1.28 bits per heavy atom. The molecule has 94 valence electrons. The van der Waals surface area contributed by atoms with Gasteiger partial charge in [0, 0.05) is 6.08 Å². The number of hydrogen-bond donors (Lipinski definition) is 1. The van der Waals surface area contributed by atoms with Crippen molar-refractivity contribution in [2.45, 2.75) is 22.8 Å². The number of halogens is 1. The average molecular weight is 311 g/mol. The average Bonchev–Trinajstić information content (AvgIpc) is 2.88. The minimum absolute atomic E-state index is 0.458. The number of aliphatic hydroxyl groups is 1. The van der Waals surface area contributed by atoms with Crippen molar-refractivity contribution in [1.82, 2.24) is 0 Å². The lowest BCUT2D eigenvalue weighted by molar-refractivity contribution is -0.191. The highest BCUT2D eigenvalue weighted by molar-refractivity contribution is 9.09. The van der Waals surface area contributed by atoms with Crippen LogP contribution in [0.25, 0.3) is 0 Å². The molecule has 0 unspecified atom stereocenters. The van der Waals surface area contributed by atoms with Crippen molar-refractivity contribution in [3.8, 4) is 0 Å². The Labute approximate surface area is 112 Å². The van der Waals surface area contributed by atoms with E-state index in [2.05, 4.69) is 15.9 Å². The summed E-state index contributed by atoms with van der Waals surface area (Å²) < 4.78 is 10.9. The first kappa shape index (κ1) is 11.9. The lowest BCUT2D eigenvalue weighted by Crippen LogP contribution is -2.38. The topological polar surface area (TPSA) is 55.8 Å². The van der Waals surface area contributed by atoms with Gasteiger partial charge in [0.2, 0.25) is 5.79 Å². The minimum Gasteiger partial charge on any atom is -0.425 e. The summed E-state index contributed by atoms with van der Waals surface area (Å²) in [5.41, 5.74) is 0.850. The standard InChI is InChI=1S/C13H11BrO4/c14-12-10(16)11(8-4-2-1-3-5-8)18-13(12)7-6-9(15)17-13/h1-7,10-12,16H/t10-,11+,12+,13-/m1/s1. The second kappa shape index (κ2) is 4.19. The summed E-state index contributed by atoms with van der Waals surface area (Å²) in [6.07, 6.45) is 1.55. The zero-order valence-corrected chi connectivity index (χ0v) is 10.9. The largest absolute Gasteiger partial charge is 0.425 e. The third-order valence-electron chi connectivity index (χ3n) is 3.15. The fraction of sp³-hybridized carbons (Fsp3) is 0.308. The van der Waals surface area contributed by atoms with Gasteiger partial charge >= 0.3 is 5.97 Å². The maximum Gasteiger partial charge on any atom is 0.333 e. The Balaban J connectivity index is 1.93. The van der Waals surface area contributed by atoms with Crippen LogP contribution in [0.5, 0.6) is 0 Å². The Bertz CT molecular complexity index is 501. The van der Waals surface area contributed by atoms with Gasteiger partial charge in [-0.1, -0.05) is 46.3 Å². The van der Waals surface area contributed by atoms with Crippen molar-refractivity contribution in [2.24, 2.45) is 0 Å². The molecule has 0 bridgehead atoms. The van der Waals surface area contributed by atoms with E-state index in [4.69, 9.17) is 9.47 Å². The first-order valence-corrected chi connectivity index (χ1v) is 6.51. The van der Waals surface area contributed by atoms with Crippen molar-refractivity contribution in [1.29, 1.82) is 0 Å². The van der Waals surface area contributed by atoms with Gasteiger partial charge in [0.05, 0.1) is 0 Å². The summed E-state index contributed by atoms with van der Waals surface area (Å²) in [6, 6.07) is 9.37. The lowest BCUT2D eigenvalue weighted by atomic mass is 10.0. The molecule has 2 aliphatic heterocycles. The van der Waals surface area contributed by atoms with Crippen molar-refractivity contribution < 1.29 is 19.4 Å². The van der Waals surface area contributed by atoms with Crippen LogP contribution in [-0.4, -0.2) is 27.8 Å². The first-order chi connectivity index (χ1) is 8.62. The van der Waals surface area contributed by atoms with E-state index >= 15 is 0 Å². The molecular formula is C13H11BrO4. The summed E-state index contributed by atoms with van der Waals surface area (Å²) in [5.74, 6) is -1.66. The minimum atomic E-state index is -1.20. The predicted octanol–water partition coefficient (Wildman–Crippen LogP) is 1.69. The van der Waals surface area contributed by atoms with Gasteiger partial charge in [-0.2, -0.15) is 0 Å². The molecule has 5 heteroatoms. The van der Waals surface area contributed by atoms with Crippen LogP contribution in [0.1, 0.15) is 11.7 Å². The highest BCUT2D eigenvalue weighted by Gasteiger charge is 2.57. The zero-order valence-electron chi connectivity index (χ0n) is 9.32. The van der Waals surface area contributed by atoms with Crippen LogP contribution < -0.4 is 0 Å². The lowest BCUT2D eigenvalue weighted by Gasteiger charge is -2.23. The van der Waals surface area contributed by atoms with Crippen molar-refractivity contribution in [3.63, 3.8) is 0 Å². The number of carbonyl (C=O) groups excluding carboxylic acids is 1. The van der Waals surface area contributed by atoms with Gasteiger partial charge in [0.1, 0.15) is 17.0 Å². The van der Waals surface area contributed by atoms with Gasteiger partial charge in [-0.05, 0) is 11.6 Å². The smallest absolute Gasteiger partial charge is 0.333 e. The number of alkyl halides is 1. The summed E-state index contributed by atoms with van der Waals surface area (Å²) in [5, 5.41) is 10.2. The maximum atomic E-state index is 11.2. The molecule has 1 spiro atoms. The third kappa shape index (κ3) is 1.70. The molecule has 1 N–H and O–H groups in total. The van der Waals surface area contributed by atoms with Crippen LogP contribution in [-0.2, 0) is 14.3 Å².